The monoisotopic (exact) mass is 446 g/mol. The molecule has 1 atom stereocenters. The summed E-state index contributed by atoms with van der Waals surface area (Å²) in [5.74, 6) is 1.65. The molecule has 1 fully saturated rings. The van der Waals surface area contributed by atoms with Crippen LogP contribution in [0.25, 0.3) is 0 Å². The highest BCUT2D eigenvalue weighted by molar-refractivity contribution is 6.32. The van der Waals surface area contributed by atoms with E-state index in [2.05, 4.69) is 0 Å². The molecule has 0 radical (unpaired) electrons. The number of halogens is 1. The summed E-state index contributed by atoms with van der Waals surface area (Å²) in [5.41, 5.74) is 0.406. The number of para-hydroxylation sites is 2. The smallest absolute Gasteiger partial charge is 0.267 e. The van der Waals surface area contributed by atoms with E-state index in [0.29, 0.717) is 59.8 Å². The molecule has 9 heteroatoms. The van der Waals surface area contributed by atoms with Gasteiger partial charge in [0.15, 0.2) is 23.0 Å². The van der Waals surface area contributed by atoms with Crippen LogP contribution < -0.4 is 18.9 Å². The Morgan fingerprint density at radius 1 is 1.00 bits per heavy atom. The zero-order valence-corrected chi connectivity index (χ0v) is 18.1. The molecule has 4 rings (SSSR count). The largest absolute Gasteiger partial charge is 0.493 e. The lowest BCUT2D eigenvalue weighted by Gasteiger charge is -2.37. The molecule has 2 heterocycles. The molecule has 0 spiro atoms. The second kappa shape index (κ2) is 8.93. The van der Waals surface area contributed by atoms with Gasteiger partial charge in [0.1, 0.15) is 6.61 Å². The molecule has 2 aromatic carbocycles. The van der Waals surface area contributed by atoms with Gasteiger partial charge in [0.05, 0.1) is 19.2 Å². The number of carbonyl (C=O) groups is 2. The Balaban J connectivity index is 1.38. The minimum atomic E-state index is -0.693. The van der Waals surface area contributed by atoms with E-state index in [1.54, 1.807) is 34.1 Å². The van der Waals surface area contributed by atoms with Crippen LogP contribution in [0, 0.1) is 0 Å². The third-order valence-electron chi connectivity index (χ3n) is 5.34. The Kier molecular flexibility index (Phi) is 6.08. The minimum Gasteiger partial charge on any atom is -0.493 e. The fraction of sp³-hybridized carbons (Fsp3) is 0.364. The predicted molar refractivity (Wildman–Crippen MR) is 113 cm³/mol. The van der Waals surface area contributed by atoms with Crippen molar-refractivity contribution in [3.8, 4) is 23.0 Å². The van der Waals surface area contributed by atoms with Crippen molar-refractivity contribution in [3.05, 3.63) is 47.0 Å². The van der Waals surface area contributed by atoms with E-state index in [-0.39, 0.29) is 18.4 Å². The summed E-state index contributed by atoms with van der Waals surface area (Å²) in [6.45, 7) is 1.79. The second-order valence-corrected chi connectivity index (χ2v) is 7.58. The highest BCUT2D eigenvalue weighted by atomic mass is 35.5. The van der Waals surface area contributed by atoms with Gasteiger partial charge < -0.3 is 28.7 Å². The standard InChI is InChI=1S/C22H23ClN2O6/c1-28-18-12-14(11-15(23)20(18)29-2)21(26)24-7-9-25(10-8-24)22(27)19-13-30-16-5-3-4-6-17(16)31-19/h3-6,11-12,19H,7-10,13H2,1-2H3. The van der Waals surface area contributed by atoms with Gasteiger partial charge in [-0.05, 0) is 24.3 Å². The SMILES string of the molecule is COc1cc(C(=O)N2CCN(C(=O)C3COc4ccccc4O3)CC2)cc(Cl)c1OC. The molecule has 0 N–H and O–H groups in total. The van der Waals surface area contributed by atoms with Crippen LogP contribution in [0.5, 0.6) is 23.0 Å². The number of methoxy groups -OCH3 is 2. The number of fused-ring (bicyclic) bond motifs is 1. The highest BCUT2D eigenvalue weighted by Gasteiger charge is 2.33. The number of amides is 2. The van der Waals surface area contributed by atoms with E-state index in [0.717, 1.165) is 0 Å². The zero-order chi connectivity index (χ0) is 22.0. The van der Waals surface area contributed by atoms with Gasteiger partial charge in [0, 0.05) is 31.7 Å². The summed E-state index contributed by atoms with van der Waals surface area (Å²) in [4.78, 5) is 29.2. The third-order valence-corrected chi connectivity index (χ3v) is 5.62. The van der Waals surface area contributed by atoms with Gasteiger partial charge in [-0.15, -0.1) is 0 Å². The number of rotatable bonds is 4. The van der Waals surface area contributed by atoms with Gasteiger partial charge in [-0.3, -0.25) is 9.59 Å². The van der Waals surface area contributed by atoms with E-state index >= 15 is 0 Å². The molecular weight excluding hydrogens is 424 g/mol. The number of nitrogens with zero attached hydrogens (tertiary/aromatic N) is 2. The third kappa shape index (κ3) is 4.20. The Hall–Kier alpha value is -3.13. The van der Waals surface area contributed by atoms with Crippen molar-refractivity contribution in [2.24, 2.45) is 0 Å². The van der Waals surface area contributed by atoms with E-state index in [1.165, 1.54) is 14.2 Å². The summed E-state index contributed by atoms with van der Waals surface area (Å²) in [6, 6.07) is 10.4. The highest BCUT2D eigenvalue weighted by Crippen LogP contribution is 2.36. The number of ether oxygens (including phenoxy) is 4. The first-order chi connectivity index (χ1) is 15.0. The Morgan fingerprint density at radius 2 is 1.68 bits per heavy atom. The molecule has 0 aliphatic carbocycles. The van der Waals surface area contributed by atoms with E-state index in [4.69, 9.17) is 30.5 Å². The fourth-order valence-corrected chi connectivity index (χ4v) is 3.99. The lowest BCUT2D eigenvalue weighted by atomic mass is 10.1. The van der Waals surface area contributed by atoms with Crippen LogP contribution in [0.4, 0.5) is 0 Å². The molecule has 2 amide bonds. The van der Waals surface area contributed by atoms with Crippen LogP contribution in [-0.2, 0) is 4.79 Å². The molecule has 2 aliphatic heterocycles. The number of carbonyl (C=O) groups excluding carboxylic acids is 2. The molecule has 1 unspecified atom stereocenters. The van der Waals surface area contributed by atoms with Crippen molar-refractivity contribution in [3.63, 3.8) is 0 Å². The van der Waals surface area contributed by atoms with Crippen molar-refractivity contribution in [1.29, 1.82) is 0 Å². The Bertz CT molecular complexity index is 990. The van der Waals surface area contributed by atoms with Gasteiger partial charge in [-0.25, -0.2) is 0 Å². The molecule has 0 saturated carbocycles. The summed E-state index contributed by atoms with van der Waals surface area (Å²) in [6.07, 6.45) is -0.693. The molecule has 0 aromatic heterocycles. The second-order valence-electron chi connectivity index (χ2n) is 7.18. The van der Waals surface area contributed by atoms with Gasteiger partial charge in [0.25, 0.3) is 11.8 Å². The topological polar surface area (TPSA) is 77.5 Å². The molecule has 2 aliphatic rings. The number of benzene rings is 2. The molecule has 1 saturated heterocycles. The van der Waals surface area contributed by atoms with E-state index in [9.17, 15) is 9.59 Å². The normalized spacial score (nSPS) is 17.8. The van der Waals surface area contributed by atoms with Gasteiger partial charge in [-0.1, -0.05) is 23.7 Å². The van der Waals surface area contributed by atoms with Crippen molar-refractivity contribution in [1.82, 2.24) is 9.80 Å². The summed E-state index contributed by atoms with van der Waals surface area (Å²) >= 11 is 6.23. The van der Waals surface area contributed by atoms with Crippen molar-refractivity contribution < 1.29 is 28.5 Å². The maximum absolute atomic E-state index is 13.0. The molecule has 2 aromatic rings. The molecular formula is C22H23ClN2O6. The van der Waals surface area contributed by atoms with Crippen LogP contribution in [-0.4, -0.2) is 74.7 Å². The predicted octanol–water partition coefficient (Wildman–Crippen LogP) is 2.48. The van der Waals surface area contributed by atoms with E-state index < -0.39 is 6.10 Å². The van der Waals surface area contributed by atoms with Crippen molar-refractivity contribution in [2.45, 2.75) is 6.10 Å². The lowest BCUT2D eigenvalue weighted by Crippen LogP contribution is -2.55. The van der Waals surface area contributed by atoms with Crippen molar-refractivity contribution >= 4 is 23.4 Å². The number of hydrogen-bond acceptors (Lipinski definition) is 6. The van der Waals surface area contributed by atoms with Crippen molar-refractivity contribution in [2.75, 3.05) is 47.0 Å². The first kappa shape index (κ1) is 21.1. The first-order valence-corrected chi connectivity index (χ1v) is 10.3. The van der Waals surface area contributed by atoms with Crippen LogP contribution in [0.2, 0.25) is 5.02 Å². The van der Waals surface area contributed by atoms with Crippen LogP contribution >= 0.6 is 11.6 Å². The average Bonchev–Trinajstić information content (AvgIpc) is 2.82. The van der Waals surface area contributed by atoms with Gasteiger partial charge >= 0.3 is 0 Å². The first-order valence-electron chi connectivity index (χ1n) is 9.90. The fourth-order valence-electron chi connectivity index (χ4n) is 3.70. The minimum absolute atomic E-state index is 0.143. The molecule has 164 valence electrons. The van der Waals surface area contributed by atoms with Crippen LogP contribution in [0.1, 0.15) is 10.4 Å². The average molecular weight is 447 g/mol. The molecule has 31 heavy (non-hydrogen) atoms. The quantitative estimate of drug-likeness (QED) is 0.718. The van der Waals surface area contributed by atoms with E-state index in [1.807, 2.05) is 12.1 Å². The summed E-state index contributed by atoms with van der Waals surface area (Å²) in [5, 5.41) is 0.300. The Morgan fingerprint density at radius 3 is 2.35 bits per heavy atom. The lowest BCUT2D eigenvalue weighted by molar-refractivity contribution is -0.142. The number of piperazine rings is 1. The Labute approximate surface area is 185 Å². The maximum Gasteiger partial charge on any atom is 0.267 e. The van der Waals surface area contributed by atoms with Crippen LogP contribution in [0.3, 0.4) is 0 Å². The van der Waals surface area contributed by atoms with Crippen LogP contribution in [0.15, 0.2) is 36.4 Å². The van der Waals surface area contributed by atoms with Gasteiger partial charge in [0.2, 0.25) is 6.10 Å². The summed E-state index contributed by atoms with van der Waals surface area (Å²) in [7, 11) is 2.98. The maximum atomic E-state index is 13.0. The zero-order valence-electron chi connectivity index (χ0n) is 17.3. The number of hydrogen-bond donors (Lipinski definition) is 0. The van der Waals surface area contributed by atoms with Gasteiger partial charge in [-0.2, -0.15) is 0 Å². The summed E-state index contributed by atoms with van der Waals surface area (Å²) < 4.78 is 22.0. The molecule has 8 nitrogen and oxygen atoms in total. The molecule has 0 bridgehead atoms.